The Morgan fingerprint density at radius 3 is 2.18 bits per heavy atom. The number of halogens is 3. The van der Waals surface area contributed by atoms with E-state index in [0.29, 0.717) is 0 Å². The summed E-state index contributed by atoms with van der Waals surface area (Å²) >= 11 is 0. The Bertz CT molecular complexity index is 774. The summed E-state index contributed by atoms with van der Waals surface area (Å²) in [7, 11) is 0. The molecular formula is C16H9F3N2O. The maximum atomic E-state index is 13.5. The lowest BCUT2D eigenvalue weighted by atomic mass is 10.1. The van der Waals surface area contributed by atoms with Gasteiger partial charge < -0.3 is 5.32 Å². The van der Waals surface area contributed by atoms with E-state index in [2.05, 4.69) is 5.32 Å². The van der Waals surface area contributed by atoms with Crippen LogP contribution in [0.1, 0.15) is 5.56 Å². The molecule has 0 unspecified atom stereocenters. The summed E-state index contributed by atoms with van der Waals surface area (Å²) in [6.07, 6.45) is 0.779. The maximum absolute atomic E-state index is 13.5. The lowest BCUT2D eigenvalue weighted by molar-refractivity contribution is -0.112. The van der Waals surface area contributed by atoms with Gasteiger partial charge in [-0.1, -0.05) is 18.2 Å². The number of nitriles is 1. The quantitative estimate of drug-likeness (QED) is 0.695. The third-order valence-electron chi connectivity index (χ3n) is 2.78. The fraction of sp³-hybridized carbons (Fsp3) is 0. The number of carbonyl (C=O) groups excluding carboxylic acids is 1. The highest BCUT2D eigenvalue weighted by atomic mass is 19.1. The van der Waals surface area contributed by atoms with Crippen LogP contribution in [0.25, 0.3) is 6.08 Å². The van der Waals surface area contributed by atoms with Gasteiger partial charge in [0.15, 0.2) is 0 Å². The van der Waals surface area contributed by atoms with E-state index in [1.165, 1.54) is 24.3 Å². The minimum Gasteiger partial charge on any atom is -0.319 e. The lowest BCUT2D eigenvalue weighted by Crippen LogP contribution is -2.14. The molecule has 0 spiro atoms. The van der Waals surface area contributed by atoms with Crippen molar-refractivity contribution in [1.82, 2.24) is 0 Å². The molecule has 2 aromatic rings. The van der Waals surface area contributed by atoms with Crippen molar-refractivity contribution in [3.8, 4) is 6.07 Å². The third-order valence-corrected chi connectivity index (χ3v) is 2.78. The predicted molar refractivity (Wildman–Crippen MR) is 75.0 cm³/mol. The van der Waals surface area contributed by atoms with Gasteiger partial charge in [-0.05, 0) is 30.3 Å². The zero-order valence-corrected chi connectivity index (χ0v) is 11.1. The van der Waals surface area contributed by atoms with E-state index in [1.807, 2.05) is 0 Å². The third kappa shape index (κ3) is 3.33. The molecule has 0 radical (unpaired) electrons. The number of benzene rings is 2. The average Bonchev–Trinajstić information content (AvgIpc) is 2.49. The maximum Gasteiger partial charge on any atom is 0.266 e. The number of hydrogen-bond acceptors (Lipinski definition) is 2. The number of rotatable bonds is 3. The topological polar surface area (TPSA) is 52.9 Å². The van der Waals surface area contributed by atoms with Gasteiger partial charge >= 0.3 is 0 Å². The molecule has 0 heterocycles. The zero-order chi connectivity index (χ0) is 16.1. The summed E-state index contributed by atoms with van der Waals surface area (Å²) in [4.78, 5) is 11.9. The monoisotopic (exact) mass is 302 g/mol. The van der Waals surface area contributed by atoms with Crippen molar-refractivity contribution in [3.05, 3.63) is 71.1 Å². The molecule has 0 fully saturated rings. The van der Waals surface area contributed by atoms with Crippen molar-refractivity contribution in [2.24, 2.45) is 0 Å². The van der Waals surface area contributed by atoms with Crippen molar-refractivity contribution in [3.63, 3.8) is 0 Å². The Hall–Kier alpha value is -3.07. The van der Waals surface area contributed by atoms with Crippen LogP contribution in [-0.4, -0.2) is 5.91 Å². The van der Waals surface area contributed by atoms with E-state index >= 15 is 0 Å². The van der Waals surface area contributed by atoms with Crippen molar-refractivity contribution in [2.45, 2.75) is 0 Å². The Morgan fingerprint density at radius 1 is 1.00 bits per heavy atom. The molecule has 0 aliphatic rings. The molecule has 1 N–H and O–H groups in total. The van der Waals surface area contributed by atoms with Crippen molar-refractivity contribution >= 4 is 17.7 Å². The molecule has 110 valence electrons. The van der Waals surface area contributed by atoms with Crippen LogP contribution in [0.15, 0.2) is 48.0 Å². The Labute approximate surface area is 124 Å². The molecule has 1 amide bonds. The summed E-state index contributed by atoms with van der Waals surface area (Å²) in [5.41, 5.74) is -1.20. The van der Waals surface area contributed by atoms with Crippen LogP contribution in [0.3, 0.4) is 0 Å². The minimum atomic E-state index is -0.963. The summed E-state index contributed by atoms with van der Waals surface area (Å²) in [6, 6.07) is 10.0. The van der Waals surface area contributed by atoms with E-state index in [-0.39, 0.29) is 5.69 Å². The van der Waals surface area contributed by atoms with Crippen LogP contribution < -0.4 is 5.32 Å². The van der Waals surface area contributed by atoms with E-state index < -0.39 is 34.5 Å². The fourth-order valence-corrected chi connectivity index (χ4v) is 1.69. The zero-order valence-electron chi connectivity index (χ0n) is 11.1. The highest BCUT2D eigenvalue weighted by Crippen LogP contribution is 2.18. The standard InChI is InChI=1S/C16H9F3N2O/c17-12-5-3-6-13(18)11(12)8-10(9-20)16(22)21-15-7-2-1-4-14(15)19/h1-8H,(H,21,22). The largest absolute Gasteiger partial charge is 0.319 e. The second-order valence-electron chi connectivity index (χ2n) is 4.24. The number of carbonyl (C=O) groups is 1. The number of hydrogen-bond donors (Lipinski definition) is 1. The molecule has 2 aromatic carbocycles. The Kier molecular flexibility index (Phi) is 4.59. The van der Waals surface area contributed by atoms with Crippen LogP contribution in [-0.2, 0) is 4.79 Å². The predicted octanol–water partition coefficient (Wildman–Crippen LogP) is 3.65. The molecule has 0 aliphatic carbocycles. The Balaban J connectivity index is 2.33. The average molecular weight is 302 g/mol. The second-order valence-corrected chi connectivity index (χ2v) is 4.24. The number of para-hydroxylation sites is 1. The van der Waals surface area contributed by atoms with E-state index in [4.69, 9.17) is 5.26 Å². The molecule has 0 saturated carbocycles. The van der Waals surface area contributed by atoms with Gasteiger partial charge in [0, 0.05) is 5.56 Å². The van der Waals surface area contributed by atoms with E-state index in [1.54, 1.807) is 0 Å². The first-order valence-electron chi connectivity index (χ1n) is 6.14. The number of anilines is 1. The molecule has 3 nitrogen and oxygen atoms in total. The van der Waals surface area contributed by atoms with Crippen LogP contribution in [0.4, 0.5) is 18.9 Å². The van der Waals surface area contributed by atoms with Gasteiger partial charge in [0.1, 0.15) is 29.1 Å². The smallest absolute Gasteiger partial charge is 0.266 e. The first-order chi connectivity index (χ1) is 10.5. The number of nitrogens with one attached hydrogen (secondary N) is 1. The minimum absolute atomic E-state index is 0.136. The van der Waals surface area contributed by atoms with E-state index in [9.17, 15) is 18.0 Å². The molecule has 6 heteroatoms. The van der Waals surface area contributed by atoms with Gasteiger partial charge in [-0.25, -0.2) is 13.2 Å². The van der Waals surface area contributed by atoms with Gasteiger partial charge in [0.05, 0.1) is 5.69 Å². The van der Waals surface area contributed by atoms with Crippen molar-refractivity contribution in [2.75, 3.05) is 5.32 Å². The van der Waals surface area contributed by atoms with Crippen LogP contribution >= 0.6 is 0 Å². The number of nitrogens with zero attached hydrogens (tertiary/aromatic N) is 1. The first-order valence-corrected chi connectivity index (χ1v) is 6.14. The van der Waals surface area contributed by atoms with Crippen molar-refractivity contribution < 1.29 is 18.0 Å². The molecule has 22 heavy (non-hydrogen) atoms. The highest BCUT2D eigenvalue weighted by molar-refractivity contribution is 6.09. The highest BCUT2D eigenvalue weighted by Gasteiger charge is 2.14. The summed E-state index contributed by atoms with van der Waals surface area (Å²) in [5.74, 6) is -3.47. The molecular weight excluding hydrogens is 293 g/mol. The second kappa shape index (κ2) is 6.59. The summed E-state index contributed by atoms with van der Waals surface area (Å²) in [5, 5.41) is 11.1. The van der Waals surface area contributed by atoms with Gasteiger partial charge in [-0.15, -0.1) is 0 Å². The van der Waals surface area contributed by atoms with Crippen LogP contribution in [0.5, 0.6) is 0 Å². The van der Waals surface area contributed by atoms with Crippen molar-refractivity contribution in [1.29, 1.82) is 5.26 Å². The lowest BCUT2D eigenvalue weighted by Gasteiger charge is -2.05. The molecule has 0 aromatic heterocycles. The Morgan fingerprint density at radius 2 is 1.59 bits per heavy atom. The summed E-state index contributed by atoms with van der Waals surface area (Å²) < 4.78 is 40.5. The number of amides is 1. The van der Waals surface area contributed by atoms with Gasteiger partial charge in [-0.2, -0.15) is 5.26 Å². The fourth-order valence-electron chi connectivity index (χ4n) is 1.69. The summed E-state index contributed by atoms with van der Waals surface area (Å²) in [6.45, 7) is 0. The van der Waals surface area contributed by atoms with Gasteiger partial charge in [0.2, 0.25) is 0 Å². The molecule has 0 bridgehead atoms. The molecule has 0 aliphatic heterocycles. The van der Waals surface area contributed by atoms with Gasteiger partial charge in [0.25, 0.3) is 5.91 Å². The normalized spacial score (nSPS) is 10.9. The van der Waals surface area contributed by atoms with Gasteiger partial charge in [-0.3, -0.25) is 4.79 Å². The van der Waals surface area contributed by atoms with Crippen LogP contribution in [0.2, 0.25) is 0 Å². The SMILES string of the molecule is N#CC(=Cc1c(F)cccc1F)C(=O)Nc1ccccc1F. The molecule has 2 rings (SSSR count). The molecule has 0 atom stereocenters. The van der Waals surface area contributed by atoms with E-state index in [0.717, 1.165) is 30.3 Å². The van der Waals surface area contributed by atoms with Crippen LogP contribution in [0, 0.1) is 28.8 Å². The first kappa shape index (κ1) is 15.3. The molecule has 0 saturated heterocycles.